The molecule has 0 unspecified atom stereocenters. The minimum atomic E-state index is 0.759. The Morgan fingerprint density at radius 1 is 1.23 bits per heavy atom. The molecule has 1 heterocycles. The Labute approximate surface area is 134 Å². The molecule has 1 aromatic heterocycles. The maximum absolute atomic E-state index is 4.63. The van der Waals surface area contributed by atoms with E-state index in [1.165, 1.54) is 25.7 Å². The van der Waals surface area contributed by atoms with Crippen LogP contribution in [0.5, 0.6) is 0 Å². The van der Waals surface area contributed by atoms with Crippen LogP contribution in [0.3, 0.4) is 0 Å². The van der Waals surface area contributed by atoms with E-state index in [1.807, 2.05) is 24.4 Å². The van der Waals surface area contributed by atoms with Crippen molar-refractivity contribution in [3.8, 4) is 0 Å². The zero-order chi connectivity index (χ0) is 15.5. The zero-order valence-corrected chi connectivity index (χ0v) is 13.6. The number of aromatic nitrogens is 1. The maximum atomic E-state index is 4.63. The molecule has 0 bridgehead atoms. The summed E-state index contributed by atoms with van der Waals surface area (Å²) in [6.07, 6.45) is 11.5. The molecule has 0 aromatic carbocycles. The third kappa shape index (κ3) is 6.29. The Kier molecular flexibility index (Phi) is 7.50. The average Bonchev–Trinajstić information content (AvgIpc) is 2.57. The van der Waals surface area contributed by atoms with Crippen molar-refractivity contribution in [2.45, 2.75) is 45.4 Å². The third-order valence-corrected chi connectivity index (χ3v) is 3.83. The van der Waals surface area contributed by atoms with E-state index in [9.17, 15) is 0 Å². The van der Waals surface area contributed by atoms with Gasteiger partial charge < -0.3 is 10.6 Å². The number of pyridine rings is 1. The molecule has 1 aliphatic rings. The van der Waals surface area contributed by atoms with E-state index in [0.29, 0.717) is 0 Å². The van der Waals surface area contributed by atoms with Crippen LogP contribution in [0.25, 0.3) is 0 Å². The third-order valence-electron chi connectivity index (χ3n) is 3.83. The van der Waals surface area contributed by atoms with Gasteiger partial charge in [0.05, 0.1) is 0 Å². The number of hydrogen-bond donors (Lipinski definition) is 2. The summed E-state index contributed by atoms with van der Waals surface area (Å²) < 4.78 is 0. The van der Waals surface area contributed by atoms with Crippen molar-refractivity contribution in [3.05, 3.63) is 41.7 Å². The Bertz CT molecular complexity index is 479. The molecule has 0 fully saturated rings. The Morgan fingerprint density at radius 2 is 2.18 bits per heavy atom. The number of rotatable bonds is 7. The van der Waals surface area contributed by atoms with Gasteiger partial charge in [-0.2, -0.15) is 0 Å². The summed E-state index contributed by atoms with van der Waals surface area (Å²) in [6.45, 7) is 4.70. The molecule has 0 spiro atoms. The molecule has 4 heteroatoms. The minimum absolute atomic E-state index is 0.759. The predicted molar refractivity (Wildman–Crippen MR) is 93.1 cm³/mol. The second-order valence-corrected chi connectivity index (χ2v) is 5.62. The molecule has 0 aliphatic heterocycles. The Morgan fingerprint density at radius 3 is 2.91 bits per heavy atom. The van der Waals surface area contributed by atoms with Gasteiger partial charge in [-0.15, -0.1) is 0 Å². The number of aliphatic imine (C=N–C) groups is 1. The van der Waals surface area contributed by atoms with Crippen molar-refractivity contribution >= 4 is 5.96 Å². The molecule has 2 N–H and O–H groups in total. The molecular formula is C18H28N4. The second kappa shape index (κ2) is 9.98. The zero-order valence-electron chi connectivity index (χ0n) is 13.6. The van der Waals surface area contributed by atoms with E-state index >= 15 is 0 Å². The summed E-state index contributed by atoms with van der Waals surface area (Å²) in [5.74, 6) is 0.912. The van der Waals surface area contributed by atoms with Crippen molar-refractivity contribution in [2.75, 3.05) is 19.6 Å². The number of nitrogens with zero attached hydrogens (tertiary/aromatic N) is 2. The molecule has 0 atom stereocenters. The van der Waals surface area contributed by atoms with Crippen LogP contribution in [-0.2, 0) is 6.42 Å². The SMILES string of the molecule is CCNC(=NCCc1ccccn1)NCCC1=CCCCC1. The molecule has 1 aliphatic carbocycles. The molecule has 0 saturated heterocycles. The van der Waals surface area contributed by atoms with Crippen molar-refractivity contribution in [1.82, 2.24) is 15.6 Å². The summed E-state index contributed by atoms with van der Waals surface area (Å²) in [5.41, 5.74) is 2.69. The van der Waals surface area contributed by atoms with Crippen molar-refractivity contribution in [1.29, 1.82) is 0 Å². The van der Waals surface area contributed by atoms with Crippen LogP contribution in [0.1, 0.15) is 44.7 Å². The van der Waals surface area contributed by atoms with E-state index in [-0.39, 0.29) is 0 Å². The summed E-state index contributed by atoms with van der Waals surface area (Å²) >= 11 is 0. The fourth-order valence-electron chi connectivity index (χ4n) is 2.64. The van der Waals surface area contributed by atoms with Crippen LogP contribution >= 0.6 is 0 Å². The lowest BCUT2D eigenvalue weighted by Gasteiger charge is -2.15. The van der Waals surface area contributed by atoms with Crippen LogP contribution in [0.2, 0.25) is 0 Å². The summed E-state index contributed by atoms with van der Waals surface area (Å²) in [4.78, 5) is 8.95. The van der Waals surface area contributed by atoms with E-state index in [1.54, 1.807) is 5.57 Å². The first-order chi connectivity index (χ1) is 10.9. The molecule has 1 aromatic rings. The minimum Gasteiger partial charge on any atom is -0.357 e. The van der Waals surface area contributed by atoms with Crippen LogP contribution in [0.15, 0.2) is 41.0 Å². The number of allylic oxidation sites excluding steroid dienone is 1. The summed E-state index contributed by atoms with van der Waals surface area (Å²) in [7, 11) is 0. The topological polar surface area (TPSA) is 49.3 Å². The van der Waals surface area contributed by atoms with Gasteiger partial charge in [-0.3, -0.25) is 9.98 Å². The van der Waals surface area contributed by atoms with Crippen molar-refractivity contribution in [3.63, 3.8) is 0 Å². The van der Waals surface area contributed by atoms with Gasteiger partial charge in [0.2, 0.25) is 0 Å². The smallest absolute Gasteiger partial charge is 0.191 e. The number of nitrogens with one attached hydrogen (secondary N) is 2. The first-order valence-corrected chi connectivity index (χ1v) is 8.48. The Balaban J connectivity index is 1.73. The largest absolute Gasteiger partial charge is 0.357 e. The standard InChI is InChI=1S/C18H28N4/c1-2-19-18(21-14-11-16-8-4-3-5-9-16)22-15-12-17-10-6-7-13-20-17/h6-8,10,13H,2-5,9,11-12,14-15H2,1H3,(H2,19,21,22). The molecule has 22 heavy (non-hydrogen) atoms. The lowest BCUT2D eigenvalue weighted by Crippen LogP contribution is -2.38. The van der Waals surface area contributed by atoms with Gasteiger partial charge in [-0.1, -0.05) is 17.7 Å². The molecule has 0 amide bonds. The van der Waals surface area contributed by atoms with Gasteiger partial charge in [0.15, 0.2) is 5.96 Å². The molecular weight excluding hydrogens is 272 g/mol. The first kappa shape index (κ1) is 16.5. The average molecular weight is 300 g/mol. The van der Waals surface area contributed by atoms with Crippen molar-refractivity contribution < 1.29 is 0 Å². The van der Waals surface area contributed by atoms with E-state index in [4.69, 9.17) is 0 Å². The van der Waals surface area contributed by atoms with E-state index < -0.39 is 0 Å². The van der Waals surface area contributed by atoms with Gasteiger partial charge in [0.25, 0.3) is 0 Å². The highest BCUT2D eigenvalue weighted by atomic mass is 15.2. The number of guanidine groups is 1. The highest BCUT2D eigenvalue weighted by Gasteiger charge is 2.04. The predicted octanol–water partition coefficient (Wildman–Crippen LogP) is 3.07. The monoisotopic (exact) mass is 300 g/mol. The lowest BCUT2D eigenvalue weighted by molar-refractivity contribution is 0.665. The lowest BCUT2D eigenvalue weighted by atomic mass is 9.97. The van der Waals surface area contributed by atoms with Gasteiger partial charge >= 0.3 is 0 Å². The van der Waals surface area contributed by atoms with Gasteiger partial charge in [0, 0.05) is 37.9 Å². The number of hydrogen-bond acceptors (Lipinski definition) is 2. The van der Waals surface area contributed by atoms with Crippen LogP contribution in [0, 0.1) is 0 Å². The first-order valence-electron chi connectivity index (χ1n) is 8.48. The van der Waals surface area contributed by atoms with Gasteiger partial charge in [-0.05, 0) is 51.2 Å². The summed E-state index contributed by atoms with van der Waals surface area (Å²) in [6, 6.07) is 6.01. The fraction of sp³-hybridized carbons (Fsp3) is 0.556. The molecule has 2 rings (SSSR count). The van der Waals surface area contributed by atoms with Crippen LogP contribution < -0.4 is 10.6 Å². The van der Waals surface area contributed by atoms with Crippen LogP contribution in [-0.4, -0.2) is 30.6 Å². The molecule has 4 nitrogen and oxygen atoms in total. The maximum Gasteiger partial charge on any atom is 0.191 e. The fourth-order valence-corrected chi connectivity index (χ4v) is 2.64. The molecule has 0 radical (unpaired) electrons. The van der Waals surface area contributed by atoms with E-state index in [0.717, 1.165) is 44.1 Å². The van der Waals surface area contributed by atoms with Crippen molar-refractivity contribution in [2.24, 2.45) is 4.99 Å². The van der Waals surface area contributed by atoms with Crippen LogP contribution in [0.4, 0.5) is 0 Å². The molecule has 120 valence electrons. The second-order valence-electron chi connectivity index (χ2n) is 5.62. The highest BCUT2D eigenvalue weighted by Crippen LogP contribution is 2.19. The molecule has 0 saturated carbocycles. The normalized spacial score (nSPS) is 15.3. The van der Waals surface area contributed by atoms with Gasteiger partial charge in [-0.25, -0.2) is 0 Å². The Hall–Kier alpha value is -1.84. The highest BCUT2D eigenvalue weighted by molar-refractivity contribution is 5.79. The van der Waals surface area contributed by atoms with E-state index in [2.05, 4.69) is 33.6 Å². The summed E-state index contributed by atoms with van der Waals surface area (Å²) in [5, 5.41) is 6.74. The van der Waals surface area contributed by atoms with Gasteiger partial charge in [0.1, 0.15) is 0 Å². The quantitative estimate of drug-likeness (QED) is 0.462.